The lowest BCUT2D eigenvalue weighted by molar-refractivity contribution is 0.0733. The minimum absolute atomic E-state index is 0.0169. The van der Waals surface area contributed by atoms with E-state index in [4.69, 9.17) is 0 Å². The molecule has 0 saturated carbocycles. The molecule has 0 radical (unpaired) electrons. The molecule has 1 saturated heterocycles. The van der Waals surface area contributed by atoms with Crippen LogP contribution in [-0.4, -0.2) is 37.1 Å². The summed E-state index contributed by atoms with van der Waals surface area (Å²) >= 11 is 0. The van der Waals surface area contributed by atoms with E-state index in [0.29, 0.717) is 5.56 Å². The number of amides is 1. The molecule has 1 aliphatic rings. The molecule has 6 nitrogen and oxygen atoms in total. The van der Waals surface area contributed by atoms with Crippen LogP contribution in [0.1, 0.15) is 51.9 Å². The summed E-state index contributed by atoms with van der Waals surface area (Å²) in [5, 5.41) is 4.49. The molecule has 0 N–H and O–H groups in total. The Morgan fingerprint density at radius 3 is 2.68 bits per heavy atom. The van der Waals surface area contributed by atoms with E-state index in [1.165, 1.54) is 11.9 Å². The second kappa shape index (κ2) is 5.51. The second-order valence-corrected chi connectivity index (χ2v) is 5.89. The van der Waals surface area contributed by atoms with Gasteiger partial charge in [-0.05, 0) is 33.6 Å². The van der Waals surface area contributed by atoms with Crippen molar-refractivity contribution in [2.24, 2.45) is 7.05 Å². The Kier molecular flexibility index (Phi) is 3.68. The Hall–Kier alpha value is -2.24. The molecule has 0 spiro atoms. The van der Waals surface area contributed by atoms with Gasteiger partial charge in [0.1, 0.15) is 6.33 Å². The molecule has 2 aromatic rings. The Balaban J connectivity index is 1.97. The topological polar surface area (TPSA) is 63.9 Å². The quantitative estimate of drug-likeness (QED) is 0.852. The summed E-state index contributed by atoms with van der Waals surface area (Å²) in [6.07, 6.45) is 5.08. The van der Waals surface area contributed by atoms with Crippen molar-refractivity contribution in [2.75, 3.05) is 6.54 Å². The summed E-state index contributed by atoms with van der Waals surface area (Å²) in [5.41, 5.74) is 4.63. The average Bonchev–Trinajstić information content (AvgIpc) is 3.04. The van der Waals surface area contributed by atoms with Crippen LogP contribution in [0.3, 0.4) is 0 Å². The van der Waals surface area contributed by atoms with Crippen LogP contribution in [0.15, 0.2) is 12.5 Å². The molecule has 1 amide bonds. The van der Waals surface area contributed by atoms with Crippen LogP contribution in [-0.2, 0) is 7.05 Å². The Bertz CT molecular complexity index is 721. The van der Waals surface area contributed by atoms with Gasteiger partial charge in [0, 0.05) is 31.0 Å². The third kappa shape index (κ3) is 2.28. The first-order valence-electron chi connectivity index (χ1n) is 7.58. The highest BCUT2D eigenvalue weighted by Gasteiger charge is 2.34. The first-order valence-corrected chi connectivity index (χ1v) is 7.58. The molecule has 1 aliphatic heterocycles. The fourth-order valence-electron chi connectivity index (χ4n) is 3.34. The van der Waals surface area contributed by atoms with Crippen molar-refractivity contribution in [3.8, 4) is 0 Å². The van der Waals surface area contributed by atoms with Crippen molar-refractivity contribution in [2.45, 2.75) is 39.7 Å². The van der Waals surface area contributed by atoms with Gasteiger partial charge in [0.2, 0.25) is 0 Å². The van der Waals surface area contributed by atoms with Crippen LogP contribution in [0.25, 0.3) is 0 Å². The first kappa shape index (κ1) is 14.7. The third-order valence-corrected chi connectivity index (χ3v) is 4.55. The maximum Gasteiger partial charge on any atom is 0.257 e. The Morgan fingerprint density at radius 2 is 2.05 bits per heavy atom. The monoisotopic (exact) mass is 299 g/mol. The summed E-state index contributed by atoms with van der Waals surface area (Å²) in [5.74, 6) is 0.0169. The number of likely N-dealkylation sites (tertiary alicyclic amines) is 1. The molecule has 22 heavy (non-hydrogen) atoms. The van der Waals surface area contributed by atoms with Gasteiger partial charge in [-0.25, -0.2) is 9.97 Å². The van der Waals surface area contributed by atoms with Gasteiger partial charge in [-0.1, -0.05) is 0 Å². The molecule has 1 atom stereocenters. The molecule has 6 heteroatoms. The van der Waals surface area contributed by atoms with Gasteiger partial charge in [0.05, 0.1) is 23.0 Å². The summed E-state index contributed by atoms with van der Waals surface area (Å²) < 4.78 is 1.89. The largest absolute Gasteiger partial charge is 0.331 e. The summed E-state index contributed by atoms with van der Waals surface area (Å²) in [6.45, 7) is 6.69. The summed E-state index contributed by atoms with van der Waals surface area (Å²) in [6, 6.07) is 0.0980. The van der Waals surface area contributed by atoms with E-state index in [-0.39, 0.29) is 11.9 Å². The zero-order valence-electron chi connectivity index (χ0n) is 13.5. The lowest BCUT2D eigenvalue weighted by Gasteiger charge is -2.25. The summed E-state index contributed by atoms with van der Waals surface area (Å²) in [4.78, 5) is 23.0. The lowest BCUT2D eigenvalue weighted by Crippen LogP contribution is -2.31. The fraction of sp³-hybridized carbons (Fsp3) is 0.500. The number of aryl methyl sites for hydroxylation is 3. The maximum absolute atomic E-state index is 12.9. The van der Waals surface area contributed by atoms with Crippen molar-refractivity contribution in [1.82, 2.24) is 24.6 Å². The molecule has 1 unspecified atom stereocenters. The molecule has 0 bridgehead atoms. The van der Waals surface area contributed by atoms with E-state index in [9.17, 15) is 4.79 Å². The van der Waals surface area contributed by atoms with Crippen molar-refractivity contribution in [1.29, 1.82) is 0 Å². The Morgan fingerprint density at radius 1 is 1.27 bits per heavy atom. The second-order valence-electron chi connectivity index (χ2n) is 5.89. The predicted octanol–water partition coefficient (Wildman–Crippen LogP) is 2.11. The number of hydrogen-bond donors (Lipinski definition) is 0. The van der Waals surface area contributed by atoms with E-state index in [2.05, 4.69) is 22.0 Å². The van der Waals surface area contributed by atoms with Gasteiger partial charge in [-0.3, -0.25) is 9.48 Å². The maximum atomic E-state index is 12.9. The lowest BCUT2D eigenvalue weighted by atomic mass is 10.0. The van der Waals surface area contributed by atoms with Gasteiger partial charge in [0.15, 0.2) is 0 Å². The minimum atomic E-state index is 0.0169. The van der Waals surface area contributed by atoms with Crippen molar-refractivity contribution >= 4 is 5.91 Å². The van der Waals surface area contributed by atoms with Gasteiger partial charge < -0.3 is 4.90 Å². The number of carbonyl (C=O) groups excluding carboxylic acids is 1. The van der Waals surface area contributed by atoms with Crippen molar-refractivity contribution in [3.05, 3.63) is 40.7 Å². The predicted molar refractivity (Wildman–Crippen MR) is 82.5 cm³/mol. The highest BCUT2D eigenvalue weighted by Crippen LogP contribution is 2.36. The molecular weight excluding hydrogens is 278 g/mol. The van der Waals surface area contributed by atoms with Crippen LogP contribution >= 0.6 is 0 Å². The molecule has 3 rings (SSSR count). The molecule has 2 aromatic heterocycles. The fourth-order valence-corrected chi connectivity index (χ4v) is 3.34. The van der Waals surface area contributed by atoms with E-state index in [1.54, 1.807) is 6.20 Å². The van der Waals surface area contributed by atoms with E-state index < -0.39 is 0 Å². The molecular formula is C16H21N5O. The van der Waals surface area contributed by atoms with E-state index in [0.717, 1.165) is 36.5 Å². The van der Waals surface area contributed by atoms with Gasteiger partial charge >= 0.3 is 0 Å². The van der Waals surface area contributed by atoms with Crippen LogP contribution in [0.5, 0.6) is 0 Å². The number of carbonyl (C=O) groups is 1. The van der Waals surface area contributed by atoms with Crippen LogP contribution in [0.4, 0.5) is 0 Å². The average molecular weight is 299 g/mol. The minimum Gasteiger partial charge on any atom is -0.331 e. The van der Waals surface area contributed by atoms with Crippen LogP contribution < -0.4 is 0 Å². The van der Waals surface area contributed by atoms with Gasteiger partial charge in [-0.15, -0.1) is 0 Å². The SMILES string of the molecule is Cc1ncncc1C(=O)N1CCCC1c1c(C)nn(C)c1C. The highest BCUT2D eigenvalue weighted by atomic mass is 16.2. The first-order chi connectivity index (χ1) is 10.5. The molecule has 1 fully saturated rings. The Labute approximate surface area is 130 Å². The normalized spacial score (nSPS) is 18.0. The van der Waals surface area contributed by atoms with Crippen LogP contribution in [0, 0.1) is 20.8 Å². The molecule has 0 aromatic carbocycles. The van der Waals surface area contributed by atoms with E-state index >= 15 is 0 Å². The third-order valence-electron chi connectivity index (χ3n) is 4.55. The molecule has 3 heterocycles. The van der Waals surface area contributed by atoms with Crippen LogP contribution in [0.2, 0.25) is 0 Å². The molecule has 0 aliphatic carbocycles. The zero-order valence-corrected chi connectivity index (χ0v) is 13.5. The highest BCUT2D eigenvalue weighted by molar-refractivity contribution is 5.95. The zero-order chi connectivity index (χ0) is 15.9. The smallest absolute Gasteiger partial charge is 0.257 e. The number of nitrogens with zero attached hydrogens (tertiary/aromatic N) is 5. The van der Waals surface area contributed by atoms with Gasteiger partial charge in [0.25, 0.3) is 5.91 Å². The van der Waals surface area contributed by atoms with Crippen molar-refractivity contribution in [3.63, 3.8) is 0 Å². The number of rotatable bonds is 2. The summed E-state index contributed by atoms with van der Waals surface area (Å²) in [7, 11) is 1.95. The number of hydrogen-bond acceptors (Lipinski definition) is 4. The van der Waals surface area contributed by atoms with E-state index in [1.807, 2.05) is 30.5 Å². The van der Waals surface area contributed by atoms with Gasteiger partial charge in [-0.2, -0.15) is 5.10 Å². The number of aromatic nitrogens is 4. The van der Waals surface area contributed by atoms with Crippen molar-refractivity contribution < 1.29 is 4.79 Å². The standard InChI is InChI=1S/C16H21N5O/c1-10-13(8-17-9-18-10)16(22)21-7-5-6-14(21)15-11(2)19-20(4)12(15)3/h8-9,14H,5-7H2,1-4H3. The molecule has 116 valence electrons.